The molecular formula is C25H23F3N2O. The molecule has 3 nitrogen and oxygen atoms in total. The second kappa shape index (κ2) is 7.49. The normalized spacial score (nSPS) is 18.5. The van der Waals surface area contributed by atoms with Gasteiger partial charge in [-0.3, -0.25) is 0 Å². The highest BCUT2D eigenvalue weighted by atomic mass is 19.4. The summed E-state index contributed by atoms with van der Waals surface area (Å²) in [5.41, 5.74) is 4.79. The SMILES string of the molecule is Cc1c(C)c2c(c(C)c1C#N)CCC(C(F)(F)F)C2Nc1cccc2c(O)cccc12. The minimum absolute atomic E-state index is 0.0433. The van der Waals surface area contributed by atoms with Crippen LogP contribution >= 0.6 is 0 Å². The standard InChI is InChI=1S/C25H23F3N2O/c1-13-14(2)23-16(15(3)19(13)12-29)10-11-20(25(26,27)28)24(23)30-21-8-4-7-18-17(21)6-5-9-22(18)31/h4-9,20,24,30-31H,10-11H2,1-3H3. The number of benzene rings is 3. The Morgan fingerprint density at radius 3 is 2.35 bits per heavy atom. The van der Waals surface area contributed by atoms with Crippen LogP contribution in [0.2, 0.25) is 0 Å². The number of fused-ring (bicyclic) bond motifs is 2. The van der Waals surface area contributed by atoms with Crippen LogP contribution in [0.15, 0.2) is 36.4 Å². The van der Waals surface area contributed by atoms with E-state index in [9.17, 15) is 23.5 Å². The molecule has 3 aromatic carbocycles. The third kappa shape index (κ3) is 3.38. The Morgan fingerprint density at radius 1 is 1.00 bits per heavy atom. The molecule has 0 amide bonds. The molecule has 0 saturated heterocycles. The lowest BCUT2D eigenvalue weighted by Crippen LogP contribution is -2.38. The second-order valence-corrected chi connectivity index (χ2v) is 8.24. The van der Waals surface area contributed by atoms with Crippen molar-refractivity contribution in [3.63, 3.8) is 0 Å². The highest BCUT2D eigenvalue weighted by molar-refractivity contribution is 5.97. The molecule has 160 valence electrons. The number of nitrogens with zero attached hydrogens (tertiary/aromatic N) is 1. The topological polar surface area (TPSA) is 56.0 Å². The van der Waals surface area contributed by atoms with E-state index in [0.29, 0.717) is 27.6 Å². The molecule has 0 saturated carbocycles. The van der Waals surface area contributed by atoms with Crippen LogP contribution in [0.4, 0.5) is 18.9 Å². The number of hydrogen-bond acceptors (Lipinski definition) is 3. The number of alkyl halides is 3. The first-order valence-corrected chi connectivity index (χ1v) is 10.2. The predicted octanol–water partition coefficient (Wildman–Crippen LogP) is 6.62. The molecule has 3 aromatic rings. The monoisotopic (exact) mass is 424 g/mol. The van der Waals surface area contributed by atoms with Crippen LogP contribution in [0.1, 0.15) is 45.8 Å². The van der Waals surface area contributed by atoms with Crippen molar-refractivity contribution < 1.29 is 18.3 Å². The third-order valence-corrected chi connectivity index (χ3v) is 6.66. The van der Waals surface area contributed by atoms with Crippen molar-refractivity contribution in [3.05, 3.63) is 69.8 Å². The summed E-state index contributed by atoms with van der Waals surface area (Å²) in [6.45, 7) is 5.42. The van der Waals surface area contributed by atoms with Gasteiger partial charge in [-0.2, -0.15) is 18.4 Å². The van der Waals surface area contributed by atoms with Gasteiger partial charge in [0, 0.05) is 16.5 Å². The Morgan fingerprint density at radius 2 is 1.68 bits per heavy atom. The van der Waals surface area contributed by atoms with Gasteiger partial charge in [0.1, 0.15) is 5.75 Å². The van der Waals surface area contributed by atoms with E-state index in [1.54, 1.807) is 50.2 Å². The molecular weight excluding hydrogens is 401 g/mol. The van der Waals surface area contributed by atoms with Crippen LogP contribution in [0, 0.1) is 38.0 Å². The van der Waals surface area contributed by atoms with E-state index < -0.39 is 18.1 Å². The molecule has 0 aliphatic heterocycles. The van der Waals surface area contributed by atoms with Gasteiger partial charge in [0.05, 0.1) is 23.6 Å². The van der Waals surface area contributed by atoms with Gasteiger partial charge in [0.25, 0.3) is 0 Å². The van der Waals surface area contributed by atoms with Crippen LogP contribution in [0.3, 0.4) is 0 Å². The molecule has 6 heteroatoms. The summed E-state index contributed by atoms with van der Waals surface area (Å²) in [6.07, 6.45) is -4.13. The second-order valence-electron chi connectivity index (χ2n) is 8.24. The van der Waals surface area contributed by atoms with Gasteiger partial charge in [-0.15, -0.1) is 0 Å². The van der Waals surface area contributed by atoms with Crippen LogP contribution in [0.25, 0.3) is 10.8 Å². The van der Waals surface area contributed by atoms with Crippen molar-refractivity contribution in [2.75, 3.05) is 5.32 Å². The number of phenols is 1. The average Bonchev–Trinajstić information content (AvgIpc) is 2.72. The molecule has 0 bridgehead atoms. The number of rotatable bonds is 2. The lowest BCUT2D eigenvalue weighted by atomic mass is 9.73. The van der Waals surface area contributed by atoms with E-state index in [1.807, 2.05) is 6.92 Å². The molecule has 0 fully saturated rings. The van der Waals surface area contributed by atoms with Crippen LogP contribution in [0.5, 0.6) is 5.75 Å². The molecule has 2 unspecified atom stereocenters. The summed E-state index contributed by atoms with van der Waals surface area (Å²) in [5.74, 6) is -1.47. The van der Waals surface area contributed by atoms with Crippen molar-refractivity contribution in [2.45, 2.75) is 45.8 Å². The fourth-order valence-corrected chi connectivity index (χ4v) is 4.94. The lowest BCUT2D eigenvalue weighted by molar-refractivity contribution is -0.182. The van der Waals surface area contributed by atoms with E-state index in [0.717, 1.165) is 22.3 Å². The summed E-state index contributed by atoms with van der Waals surface area (Å²) in [7, 11) is 0. The molecule has 0 heterocycles. The first-order chi connectivity index (χ1) is 14.6. The number of phenolic OH excluding ortho intramolecular Hbond substituents is 1. The van der Waals surface area contributed by atoms with Gasteiger partial charge in [0.2, 0.25) is 0 Å². The van der Waals surface area contributed by atoms with E-state index in [4.69, 9.17) is 0 Å². The number of aromatic hydroxyl groups is 1. The van der Waals surface area contributed by atoms with Crippen molar-refractivity contribution in [3.8, 4) is 11.8 Å². The highest BCUT2D eigenvalue weighted by Crippen LogP contribution is 2.48. The molecule has 0 aromatic heterocycles. The molecule has 0 radical (unpaired) electrons. The van der Waals surface area contributed by atoms with Gasteiger partial charge in [0.15, 0.2) is 0 Å². The minimum Gasteiger partial charge on any atom is -0.507 e. The maximum Gasteiger partial charge on any atom is 0.394 e. The Hall–Kier alpha value is -3.20. The smallest absolute Gasteiger partial charge is 0.394 e. The van der Waals surface area contributed by atoms with Crippen LogP contribution < -0.4 is 5.32 Å². The molecule has 1 aliphatic rings. The van der Waals surface area contributed by atoms with Crippen LogP contribution in [-0.4, -0.2) is 11.3 Å². The Kier molecular flexibility index (Phi) is 5.09. The van der Waals surface area contributed by atoms with Crippen molar-refractivity contribution >= 4 is 16.5 Å². The zero-order valence-electron chi connectivity index (χ0n) is 17.6. The van der Waals surface area contributed by atoms with E-state index >= 15 is 0 Å². The minimum atomic E-state index is -4.37. The quantitative estimate of drug-likeness (QED) is 0.486. The number of hydrogen-bond donors (Lipinski definition) is 2. The van der Waals surface area contributed by atoms with E-state index in [-0.39, 0.29) is 18.6 Å². The summed E-state index contributed by atoms with van der Waals surface area (Å²) in [5, 5.41) is 24.2. The number of nitrogens with one attached hydrogen (secondary N) is 1. The molecule has 31 heavy (non-hydrogen) atoms. The van der Waals surface area contributed by atoms with Gasteiger partial charge in [-0.05, 0) is 73.6 Å². The first-order valence-electron chi connectivity index (χ1n) is 10.2. The van der Waals surface area contributed by atoms with Crippen molar-refractivity contribution in [1.29, 1.82) is 5.26 Å². The first kappa shape index (κ1) is 21.0. The summed E-state index contributed by atoms with van der Waals surface area (Å²) in [6, 6.07) is 11.5. The van der Waals surface area contributed by atoms with Crippen molar-refractivity contribution in [2.24, 2.45) is 5.92 Å². The number of halogens is 3. The maximum atomic E-state index is 14.1. The highest BCUT2D eigenvalue weighted by Gasteiger charge is 2.48. The Labute approximate surface area is 179 Å². The molecule has 2 atom stereocenters. The number of nitriles is 1. The van der Waals surface area contributed by atoms with Gasteiger partial charge < -0.3 is 10.4 Å². The van der Waals surface area contributed by atoms with E-state index in [1.165, 1.54) is 0 Å². The Bertz CT molecular complexity index is 1220. The fraction of sp³-hybridized carbons (Fsp3) is 0.320. The maximum absolute atomic E-state index is 14.1. The molecule has 4 rings (SSSR count). The van der Waals surface area contributed by atoms with Crippen molar-refractivity contribution in [1.82, 2.24) is 0 Å². The third-order valence-electron chi connectivity index (χ3n) is 6.66. The van der Waals surface area contributed by atoms with E-state index in [2.05, 4.69) is 11.4 Å². The average molecular weight is 424 g/mol. The summed E-state index contributed by atoms with van der Waals surface area (Å²) in [4.78, 5) is 0. The zero-order valence-corrected chi connectivity index (χ0v) is 17.6. The van der Waals surface area contributed by atoms with Gasteiger partial charge in [-0.25, -0.2) is 0 Å². The van der Waals surface area contributed by atoms with Gasteiger partial charge in [-0.1, -0.05) is 24.3 Å². The lowest BCUT2D eigenvalue weighted by Gasteiger charge is -2.38. The fourth-order valence-electron chi connectivity index (χ4n) is 4.94. The summed E-state index contributed by atoms with van der Waals surface area (Å²) < 4.78 is 42.3. The molecule has 0 spiro atoms. The molecule has 2 N–H and O–H groups in total. The molecule has 1 aliphatic carbocycles. The largest absolute Gasteiger partial charge is 0.507 e. The Balaban J connectivity index is 1.94. The zero-order chi connectivity index (χ0) is 22.5. The number of anilines is 1. The summed E-state index contributed by atoms with van der Waals surface area (Å²) >= 11 is 0. The van der Waals surface area contributed by atoms with Crippen LogP contribution in [-0.2, 0) is 6.42 Å². The predicted molar refractivity (Wildman–Crippen MR) is 115 cm³/mol. The van der Waals surface area contributed by atoms with Gasteiger partial charge >= 0.3 is 6.18 Å².